The molecule has 0 fully saturated rings. The van der Waals surface area contributed by atoms with Gasteiger partial charge in [-0.15, -0.1) is 5.10 Å². The number of nitrogen functional groups attached to an aromatic ring is 1. The van der Waals surface area contributed by atoms with Gasteiger partial charge in [0, 0.05) is 18.9 Å². The van der Waals surface area contributed by atoms with Gasteiger partial charge in [0.05, 0.1) is 12.2 Å². The number of aromatic nitrogens is 7. The average Bonchev–Trinajstić information content (AvgIpc) is 3.37. The highest BCUT2D eigenvalue weighted by molar-refractivity contribution is 5.84. The Morgan fingerprint density at radius 2 is 1.83 bits per heavy atom. The largest absolute Gasteiger partial charge is 0.392 e. The van der Waals surface area contributed by atoms with Crippen LogP contribution in [0.2, 0.25) is 0 Å². The molecule has 148 valence electrons. The molecule has 4 heterocycles. The van der Waals surface area contributed by atoms with Crippen LogP contribution in [0.1, 0.15) is 5.56 Å². The summed E-state index contributed by atoms with van der Waals surface area (Å²) >= 11 is 0. The number of nitrogens with zero attached hydrogens (tertiary/aromatic N) is 7. The Hall–Kier alpha value is -4.11. The lowest BCUT2D eigenvalue weighted by Crippen LogP contribution is -2.02. The van der Waals surface area contributed by atoms with Crippen molar-refractivity contribution < 1.29 is 5.11 Å². The van der Waals surface area contributed by atoms with Gasteiger partial charge in [0.25, 0.3) is 0 Å². The molecule has 9 heteroatoms. The Morgan fingerprint density at radius 1 is 1.00 bits per heavy atom. The Morgan fingerprint density at radius 3 is 2.53 bits per heavy atom. The van der Waals surface area contributed by atoms with Crippen molar-refractivity contribution in [2.75, 3.05) is 5.73 Å². The van der Waals surface area contributed by atoms with Gasteiger partial charge in [0.2, 0.25) is 0 Å². The highest BCUT2D eigenvalue weighted by Crippen LogP contribution is 2.31. The molecule has 1 aromatic carbocycles. The first-order valence-corrected chi connectivity index (χ1v) is 9.30. The average molecular weight is 398 g/mol. The van der Waals surface area contributed by atoms with Crippen LogP contribution < -0.4 is 5.73 Å². The molecule has 0 amide bonds. The maximum atomic E-state index is 9.39. The van der Waals surface area contributed by atoms with Crippen LogP contribution >= 0.6 is 0 Å². The first-order valence-electron chi connectivity index (χ1n) is 9.30. The first kappa shape index (κ1) is 18.0. The van der Waals surface area contributed by atoms with Crippen molar-refractivity contribution in [2.45, 2.75) is 6.61 Å². The van der Waals surface area contributed by atoms with Crippen molar-refractivity contribution in [3.05, 3.63) is 66.6 Å². The minimum atomic E-state index is -0.0267. The molecule has 5 aromatic rings. The molecule has 0 saturated carbocycles. The van der Waals surface area contributed by atoms with Gasteiger partial charge >= 0.3 is 0 Å². The van der Waals surface area contributed by atoms with E-state index in [1.165, 1.54) is 0 Å². The van der Waals surface area contributed by atoms with Crippen molar-refractivity contribution in [1.29, 1.82) is 0 Å². The number of hydrogen-bond donors (Lipinski definition) is 2. The van der Waals surface area contributed by atoms with Crippen molar-refractivity contribution in [3.8, 4) is 28.6 Å². The second-order valence-corrected chi connectivity index (χ2v) is 6.81. The van der Waals surface area contributed by atoms with Gasteiger partial charge in [-0.2, -0.15) is 0 Å². The van der Waals surface area contributed by atoms with E-state index in [0.717, 1.165) is 11.3 Å². The molecule has 0 bridgehead atoms. The normalized spacial score (nSPS) is 11.3. The SMILES string of the molecule is Cn1cnc(-c2ccc3nc(-c4cccnc4N)n(-c4ccc(CO)cc4)c3n2)n1. The molecular formula is C21H18N8O. The number of anilines is 1. The molecule has 0 aliphatic carbocycles. The summed E-state index contributed by atoms with van der Waals surface area (Å²) < 4.78 is 3.56. The third-order valence-corrected chi connectivity index (χ3v) is 4.79. The number of aryl methyl sites for hydroxylation is 1. The summed E-state index contributed by atoms with van der Waals surface area (Å²) in [5, 5.41) is 13.7. The number of fused-ring (bicyclic) bond motifs is 1. The summed E-state index contributed by atoms with van der Waals surface area (Å²) in [6.45, 7) is -0.0267. The Bertz CT molecular complexity index is 1350. The third-order valence-electron chi connectivity index (χ3n) is 4.79. The minimum absolute atomic E-state index is 0.0267. The standard InChI is InChI=1S/C21H18N8O/c1-28-12-24-19(27-28)16-8-9-17-21(25-16)29(14-6-4-13(11-30)5-7-14)20(26-17)15-3-2-10-23-18(15)22/h2-10,12,30H,11H2,1H3,(H2,22,23). The number of imidazole rings is 1. The van der Waals surface area contributed by atoms with E-state index in [9.17, 15) is 5.11 Å². The van der Waals surface area contributed by atoms with Crippen LogP contribution in [-0.4, -0.2) is 39.4 Å². The van der Waals surface area contributed by atoms with Crippen LogP contribution in [0, 0.1) is 0 Å². The topological polar surface area (TPSA) is 121 Å². The number of aliphatic hydroxyl groups is 1. The quantitative estimate of drug-likeness (QED) is 0.477. The van der Waals surface area contributed by atoms with Crippen LogP contribution in [0.4, 0.5) is 5.82 Å². The van der Waals surface area contributed by atoms with Gasteiger partial charge in [-0.3, -0.25) is 9.25 Å². The van der Waals surface area contributed by atoms with E-state index in [-0.39, 0.29) is 6.61 Å². The maximum absolute atomic E-state index is 9.39. The lowest BCUT2D eigenvalue weighted by molar-refractivity contribution is 0.282. The number of rotatable bonds is 4. The first-order chi connectivity index (χ1) is 14.6. The molecular weight excluding hydrogens is 380 g/mol. The number of aliphatic hydroxyl groups excluding tert-OH is 1. The summed E-state index contributed by atoms with van der Waals surface area (Å²) in [4.78, 5) is 18.1. The molecule has 0 radical (unpaired) electrons. The van der Waals surface area contributed by atoms with E-state index in [1.807, 2.05) is 60.1 Å². The summed E-state index contributed by atoms with van der Waals surface area (Å²) in [7, 11) is 1.81. The van der Waals surface area contributed by atoms with E-state index in [4.69, 9.17) is 15.7 Å². The molecule has 0 aliphatic heterocycles. The van der Waals surface area contributed by atoms with Crippen LogP contribution in [0.5, 0.6) is 0 Å². The Kier molecular flexibility index (Phi) is 4.22. The number of pyridine rings is 2. The third kappa shape index (κ3) is 2.97. The smallest absolute Gasteiger partial charge is 0.199 e. The lowest BCUT2D eigenvalue weighted by Gasteiger charge is -2.11. The van der Waals surface area contributed by atoms with Crippen molar-refractivity contribution in [1.82, 2.24) is 34.3 Å². The fourth-order valence-corrected chi connectivity index (χ4v) is 3.32. The predicted octanol–water partition coefficient (Wildman–Crippen LogP) is 2.35. The van der Waals surface area contributed by atoms with Gasteiger partial charge in [-0.1, -0.05) is 12.1 Å². The van der Waals surface area contributed by atoms with Crippen molar-refractivity contribution in [2.24, 2.45) is 7.05 Å². The van der Waals surface area contributed by atoms with Gasteiger partial charge in [-0.25, -0.2) is 19.9 Å². The van der Waals surface area contributed by atoms with Crippen LogP contribution in [-0.2, 0) is 13.7 Å². The van der Waals surface area contributed by atoms with E-state index in [1.54, 1.807) is 17.2 Å². The molecule has 5 rings (SSSR count). The molecule has 0 saturated heterocycles. The maximum Gasteiger partial charge on any atom is 0.199 e. The number of hydrogen-bond acceptors (Lipinski definition) is 7. The fourth-order valence-electron chi connectivity index (χ4n) is 3.32. The van der Waals surface area contributed by atoms with Crippen molar-refractivity contribution in [3.63, 3.8) is 0 Å². The minimum Gasteiger partial charge on any atom is -0.392 e. The van der Waals surface area contributed by atoms with E-state index in [0.29, 0.717) is 39.9 Å². The second-order valence-electron chi connectivity index (χ2n) is 6.81. The van der Waals surface area contributed by atoms with Crippen LogP contribution in [0.25, 0.3) is 39.8 Å². The fraction of sp³-hybridized carbons (Fsp3) is 0.0952. The van der Waals surface area contributed by atoms with Crippen LogP contribution in [0.15, 0.2) is 61.1 Å². The molecule has 4 aromatic heterocycles. The summed E-state index contributed by atoms with van der Waals surface area (Å²) in [6, 6.07) is 15.0. The zero-order chi connectivity index (χ0) is 20.7. The van der Waals surface area contributed by atoms with Gasteiger partial charge < -0.3 is 10.8 Å². The number of benzene rings is 1. The Labute approximate surface area is 171 Å². The van der Waals surface area contributed by atoms with E-state index in [2.05, 4.69) is 15.1 Å². The van der Waals surface area contributed by atoms with E-state index >= 15 is 0 Å². The van der Waals surface area contributed by atoms with Gasteiger partial charge in [0.1, 0.15) is 23.4 Å². The second kappa shape index (κ2) is 7.05. The molecule has 0 unspecified atom stereocenters. The zero-order valence-corrected chi connectivity index (χ0v) is 16.1. The van der Waals surface area contributed by atoms with Gasteiger partial charge in [0.15, 0.2) is 17.3 Å². The molecule has 30 heavy (non-hydrogen) atoms. The molecule has 9 nitrogen and oxygen atoms in total. The van der Waals surface area contributed by atoms with Crippen LogP contribution in [0.3, 0.4) is 0 Å². The van der Waals surface area contributed by atoms with Crippen molar-refractivity contribution >= 4 is 17.0 Å². The molecule has 3 N–H and O–H groups in total. The molecule has 0 spiro atoms. The zero-order valence-electron chi connectivity index (χ0n) is 16.1. The van der Waals surface area contributed by atoms with E-state index < -0.39 is 0 Å². The molecule has 0 aliphatic rings. The molecule has 0 atom stereocenters. The monoisotopic (exact) mass is 398 g/mol. The number of nitrogens with two attached hydrogens (primary N) is 1. The Balaban J connectivity index is 1.79. The van der Waals surface area contributed by atoms with Gasteiger partial charge in [-0.05, 0) is 42.0 Å². The summed E-state index contributed by atoms with van der Waals surface area (Å²) in [6.07, 6.45) is 3.28. The summed E-state index contributed by atoms with van der Waals surface area (Å²) in [5.41, 5.74) is 10.5. The lowest BCUT2D eigenvalue weighted by atomic mass is 10.2. The highest BCUT2D eigenvalue weighted by Gasteiger charge is 2.19. The highest BCUT2D eigenvalue weighted by atomic mass is 16.3. The summed E-state index contributed by atoms with van der Waals surface area (Å²) in [5.74, 6) is 1.55. The predicted molar refractivity (Wildman–Crippen MR) is 112 cm³/mol.